The molecule has 0 aliphatic rings. The summed E-state index contributed by atoms with van der Waals surface area (Å²) in [5.41, 5.74) is 3.00. The summed E-state index contributed by atoms with van der Waals surface area (Å²) in [6.45, 7) is -0.455. The highest BCUT2D eigenvalue weighted by atomic mass is 16.4. The molecule has 0 aliphatic carbocycles. The number of para-hydroxylation sites is 4. The van der Waals surface area contributed by atoms with Gasteiger partial charge in [0.25, 0.3) is 0 Å². The molecule has 0 aliphatic heterocycles. The van der Waals surface area contributed by atoms with E-state index in [0.717, 1.165) is 11.4 Å². The molecule has 0 atom stereocenters. The molecule has 0 heterocycles. The lowest BCUT2D eigenvalue weighted by Crippen LogP contribution is -2.40. The fraction of sp³-hybridized carbons (Fsp3) is 0.263. The van der Waals surface area contributed by atoms with Crippen LogP contribution in [0.4, 0.5) is 27.5 Å². The lowest BCUT2D eigenvalue weighted by Gasteiger charge is -2.30. The predicted octanol–water partition coefficient (Wildman–Crippen LogP) is 2.75. The predicted molar refractivity (Wildman–Crippen MR) is 105 cm³/mol. The van der Waals surface area contributed by atoms with Gasteiger partial charge in [-0.3, -0.25) is 9.69 Å². The average molecular weight is 356 g/mol. The Morgan fingerprint density at radius 1 is 0.808 bits per heavy atom. The van der Waals surface area contributed by atoms with Crippen molar-refractivity contribution in [3.63, 3.8) is 0 Å². The molecule has 2 amide bonds. The van der Waals surface area contributed by atoms with Crippen molar-refractivity contribution < 1.29 is 14.7 Å². The first-order valence-electron chi connectivity index (χ1n) is 8.15. The maximum atomic E-state index is 12.9. The van der Waals surface area contributed by atoms with E-state index in [4.69, 9.17) is 5.11 Å². The van der Waals surface area contributed by atoms with Crippen LogP contribution >= 0.6 is 0 Å². The van der Waals surface area contributed by atoms with E-state index in [1.54, 1.807) is 0 Å². The molecule has 2 rings (SSSR count). The van der Waals surface area contributed by atoms with E-state index in [-0.39, 0.29) is 0 Å². The van der Waals surface area contributed by atoms with Gasteiger partial charge in [-0.15, -0.1) is 0 Å². The number of anilines is 4. The molecule has 0 fully saturated rings. The summed E-state index contributed by atoms with van der Waals surface area (Å²) >= 11 is 0. The fourth-order valence-electron chi connectivity index (χ4n) is 2.64. The standard InChI is InChI=1S/C19H24N4O3/c1-21(2)14-9-5-7-11-16(14)23(19(26)20-13-18(24)25)17-12-8-6-10-15(17)22(3)4/h5-12H,13H2,1-4H3,(H,20,26)(H,24,25). The van der Waals surface area contributed by atoms with E-state index in [9.17, 15) is 9.59 Å². The second-order valence-electron chi connectivity index (χ2n) is 6.15. The molecule has 138 valence electrons. The molecule has 0 radical (unpaired) electrons. The molecule has 0 saturated heterocycles. The number of carbonyl (C=O) groups excluding carboxylic acids is 1. The van der Waals surface area contributed by atoms with Crippen LogP contribution in [0.1, 0.15) is 0 Å². The number of urea groups is 1. The second-order valence-corrected chi connectivity index (χ2v) is 6.15. The highest BCUT2D eigenvalue weighted by Crippen LogP contribution is 2.38. The van der Waals surface area contributed by atoms with Gasteiger partial charge in [0.15, 0.2) is 0 Å². The smallest absolute Gasteiger partial charge is 0.327 e. The number of rotatable bonds is 6. The Morgan fingerprint density at radius 2 is 1.19 bits per heavy atom. The third-order valence-electron chi connectivity index (χ3n) is 3.80. The molecule has 2 N–H and O–H groups in total. The van der Waals surface area contributed by atoms with Gasteiger partial charge in [-0.1, -0.05) is 24.3 Å². The highest BCUT2D eigenvalue weighted by Gasteiger charge is 2.24. The number of carboxylic acids is 1. The molecule has 2 aromatic carbocycles. The zero-order valence-electron chi connectivity index (χ0n) is 15.4. The number of aliphatic carboxylic acids is 1. The van der Waals surface area contributed by atoms with Gasteiger partial charge in [-0.05, 0) is 24.3 Å². The van der Waals surface area contributed by atoms with Crippen molar-refractivity contribution >= 4 is 34.7 Å². The van der Waals surface area contributed by atoms with Crippen LogP contribution in [0.15, 0.2) is 48.5 Å². The summed E-state index contributed by atoms with van der Waals surface area (Å²) in [5.74, 6) is -1.10. The number of hydrogen-bond donors (Lipinski definition) is 2. The van der Waals surface area contributed by atoms with Crippen LogP contribution in [-0.4, -0.2) is 51.8 Å². The van der Waals surface area contributed by atoms with Crippen LogP contribution in [0, 0.1) is 0 Å². The maximum absolute atomic E-state index is 12.9. The zero-order chi connectivity index (χ0) is 19.3. The number of carboxylic acid groups (broad SMARTS) is 1. The van der Waals surface area contributed by atoms with E-state index in [2.05, 4.69) is 5.32 Å². The normalized spacial score (nSPS) is 10.2. The number of hydrogen-bond acceptors (Lipinski definition) is 4. The van der Waals surface area contributed by atoms with Crippen LogP contribution in [0.25, 0.3) is 0 Å². The third kappa shape index (κ3) is 4.24. The first-order valence-corrected chi connectivity index (χ1v) is 8.15. The van der Waals surface area contributed by atoms with Crippen molar-refractivity contribution in [2.75, 3.05) is 49.4 Å². The van der Waals surface area contributed by atoms with E-state index in [1.165, 1.54) is 4.90 Å². The number of carbonyl (C=O) groups is 2. The first-order chi connectivity index (χ1) is 12.3. The van der Waals surface area contributed by atoms with Gasteiger partial charge in [0.1, 0.15) is 6.54 Å². The Bertz CT molecular complexity index is 738. The van der Waals surface area contributed by atoms with Gasteiger partial charge in [0.05, 0.1) is 22.7 Å². The zero-order valence-corrected chi connectivity index (χ0v) is 15.4. The van der Waals surface area contributed by atoms with Crippen LogP contribution in [0.5, 0.6) is 0 Å². The third-order valence-corrected chi connectivity index (χ3v) is 3.80. The van der Waals surface area contributed by atoms with Gasteiger partial charge < -0.3 is 20.2 Å². The monoisotopic (exact) mass is 356 g/mol. The second kappa shape index (κ2) is 8.24. The van der Waals surface area contributed by atoms with Gasteiger partial charge in [0, 0.05) is 28.2 Å². The van der Waals surface area contributed by atoms with Gasteiger partial charge >= 0.3 is 12.0 Å². The van der Waals surface area contributed by atoms with Gasteiger partial charge in [-0.2, -0.15) is 0 Å². The molecule has 0 aromatic heterocycles. The van der Waals surface area contributed by atoms with Crippen LogP contribution in [-0.2, 0) is 4.79 Å². The van der Waals surface area contributed by atoms with E-state index in [1.807, 2.05) is 86.5 Å². The average Bonchev–Trinajstić information content (AvgIpc) is 2.60. The summed E-state index contributed by atoms with van der Waals surface area (Å²) in [7, 11) is 7.57. The summed E-state index contributed by atoms with van der Waals surface area (Å²) in [6.07, 6.45) is 0. The van der Waals surface area contributed by atoms with E-state index >= 15 is 0 Å². The quantitative estimate of drug-likeness (QED) is 0.832. The summed E-state index contributed by atoms with van der Waals surface area (Å²) in [4.78, 5) is 29.1. The van der Waals surface area contributed by atoms with Crippen LogP contribution < -0.4 is 20.0 Å². The topological polar surface area (TPSA) is 76.1 Å². The minimum atomic E-state index is -1.10. The fourth-order valence-corrected chi connectivity index (χ4v) is 2.64. The van der Waals surface area contributed by atoms with Crippen molar-refractivity contribution in [1.82, 2.24) is 5.32 Å². The van der Waals surface area contributed by atoms with Crippen molar-refractivity contribution in [3.05, 3.63) is 48.5 Å². The highest BCUT2D eigenvalue weighted by molar-refractivity contribution is 6.05. The Kier molecular flexibility index (Phi) is 6.06. The van der Waals surface area contributed by atoms with Gasteiger partial charge in [-0.25, -0.2) is 4.79 Å². The van der Waals surface area contributed by atoms with Crippen molar-refractivity contribution in [2.45, 2.75) is 0 Å². The molecular formula is C19H24N4O3. The van der Waals surface area contributed by atoms with Crippen molar-refractivity contribution in [1.29, 1.82) is 0 Å². The van der Waals surface area contributed by atoms with Crippen molar-refractivity contribution in [3.8, 4) is 0 Å². The van der Waals surface area contributed by atoms with Crippen molar-refractivity contribution in [2.24, 2.45) is 0 Å². The molecule has 26 heavy (non-hydrogen) atoms. The molecule has 0 spiro atoms. The largest absolute Gasteiger partial charge is 0.480 e. The van der Waals surface area contributed by atoms with Crippen LogP contribution in [0.3, 0.4) is 0 Å². The lowest BCUT2D eigenvalue weighted by molar-refractivity contribution is -0.135. The number of nitrogens with zero attached hydrogens (tertiary/aromatic N) is 3. The molecule has 0 bridgehead atoms. The summed E-state index contributed by atoms with van der Waals surface area (Å²) < 4.78 is 0. The summed E-state index contributed by atoms with van der Waals surface area (Å²) in [6, 6.07) is 14.5. The SMILES string of the molecule is CN(C)c1ccccc1N(C(=O)NCC(=O)O)c1ccccc1N(C)C. The molecule has 0 saturated carbocycles. The molecule has 0 unspecified atom stereocenters. The minimum absolute atomic E-state index is 0.455. The van der Waals surface area contributed by atoms with Crippen LogP contribution in [0.2, 0.25) is 0 Å². The van der Waals surface area contributed by atoms with E-state index in [0.29, 0.717) is 11.4 Å². The molecule has 2 aromatic rings. The molecule has 7 heteroatoms. The number of amides is 2. The Labute approximate surface area is 153 Å². The Hall–Kier alpha value is -3.22. The number of nitrogens with one attached hydrogen (secondary N) is 1. The minimum Gasteiger partial charge on any atom is -0.480 e. The Balaban J connectivity index is 2.61. The lowest BCUT2D eigenvalue weighted by atomic mass is 10.1. The Morgan fingerprint density at radius 3 is 1.54 bits per heavy atom. The summed E-state index contributed by atoms with van der Waals surface area (Å²) in [5, 5.41) is 11.4. The molecular weight excluding hydrogens is 332 g/mol. The number of benzene rings is 2. The first kappa shape index (κ1) is 19.1. The maximum Gasteiger partial charge on any atom is 0.327 e. The molecule has 7 nitrogen and oxygen atoms in total. The van der Waals surface area contributed by atoms with Gasteiger partial charge in [0.2, 0.25) is 0 Å². The van der Waals surface area contributed by atoms with E-state index < -0.39 is 18.5 Å².